The van der Waals surface area contributed by atoms with Crippen LogP contribution in [0.25, 0.3) is 0 Å². The minimum absolute atomic E-state index is 0.144. The van der Waals surface area contributed by atoms with Gasteiger partial charge in [0.25, 0.3) is 11.5 Å². The van der Waals surface area contributed by atoms with Crippen molar-refractivity contribution >= 4 is 11.8 Å². The monoisotopic (exact) mass is 564 g/mol. The standard InChI is InChI=1S/C30H39F3N2O5/c1-19(2)40-24-10-7-9-23(18-24)29(38,30(31,32)33)28(37)35-15-13-22(14-16-35)8-5-6-17-39-26-12-11-25(27(34)36)20(3)21(26)4/h7,9-12,18-19,22,38H,5-6,8,13-17H2,1-4H3,(H2,34,36). The third kappa shape index (κ3) is 7.08. The second-order valence-corrected chi connectivity index (χ2v) is 10.7. The zero-order valence-corrected chi connectivity index (χ0v) is 23.5. The Morgan fingerprint density at radius 2 is 1.75 bits per heavy atom. The van der Waals surface area contributed by atoms with E-state index in [1.165, 1.54) is 12.1 Å². The Morgan fingerprint density at radius 3 is 2.35 bits per heavy atom. The number of amides is 2. The zero-order chi connectivity index (χ0) is 29.7. The van der Waals surface area contributed by atoms with Crippen LogP contribution in [-0.2, 0) is 10.4 Å². The van der Waals surface area contributed by atoms with Crippen molar-refractivity contribution in [2.24, 2.45) is 11.7 Å². The smallest absolute Gasteiger partial charge is 0.430 e. The third-order valence-electron chi connectivity index (χ3n) is 7.51. The Labute approximate surface area is 233 Å². The van der Waals surface area contributed by atoms with Crippen LogP contribution in [0.3, 0.4) is 0 Å². The fourth-order valence-electron chi connectivity index (χ4n) is 5.06. The normalized spacial score (nSPS) is 16.1. The lowest BCUT2D eigenvalue weighted by Gasteiger charge is -2.38. The molecule has 0 aromatic heterocycles. The van der Waals surface area contributed by atoms with E-state index in [0.29, 0.717) is 30.8 Å². The molecule has 0 radical (unpaired) electrons. The quantitative estimate of drug-likeness (QED) is 0.355. The number of carbonyl (C=O) groups is 2. The van der Waals surface area contributed by atoms with Crippen LogP contribution in [0.15, 0.2) is 36.4 Å². The molecule has 3 N–H and O–H groups in total. The average molecular weight is 565 g/mol. The van der Waals surface area contributed by atoms with E-state index < -0.39 is 29.2 Å². The topological polar surface area (TPSA) is 102 Å². The lowest BCUT2D eigenvalue weighted by Crippen LogP contribution is -2.57. The molecule has 3 rings (SSSR count). The number of carbonyl (C=O) groups excluding carboxylic acids is 2. The highest BCUT2D eigenvalue weighted by molar-refractivity contribution is 5.94. The van der Waals surface area contributed by atoms with Crippen LogP contribution in [0.5, 0.6) is 11.5 Å². The van der Waals surface area contributed by atoms with Gasteiger partial charge in [-0.1, -0.05) is 18.6 Å². The molecule has 0 aliphatic carbocycles. The molecule has 7 nitrogen and oxygen atoms in total. The van der Waals surface area contributed by atoms with Crippen molar-refractivity contribution in [1.82, 2.24) is 4.90 Å². The van der Waals surface area contributed by atoms with Crippen molar-refractivity contribution in [2.75, 3.05) is 19.7 Å². The SMILES string of the molecule is Cc1c(OCCCCC2CCN(C(=O)C(O)(c3cccc(OC(C)C)c3)C(F)(F)F)CC2)ccc(C(N)=O)c1C. The van der Waals surface area contributed by atoms with Gasteiger partial charge in [-0.2, -0.15) is 13.2 Å². The maximum absolute atomic E-state index is 14.2. The Morgan fingerprint density at radius 1 is 1.07 bits per heavy atom. The van der Waals surface area contributed by atoms with Crippen LogP contribution in [-0.4, -0.2) is 53.8 Å². The zero-order valence-electron chi connectivity index (χ0n) is 23.5. The van der Waals surface area contributed by atoms with Crippen molar-refractivity contribution in [3.63, 3.8) is 0 Å². The summed E-state index contributed by atoms with van der Waals surface area (Å²) in [4.78, 5) is 25.7. The van der Waals surface area contributed by atoms with Crippen molar-refractivity contribution in [2.45, 2.75) is 77.7 Å². The first-order valence-corrected chi connectivity index (χ1v) is 13.6. The number of benzene rings is 2. The van der Waals surface area contributed by atoms with E-state index in [1.54, 1.807) is 26.0 Å². The van der Waals surface area contributed by atoms with Gasteiger partial charge in [0.1, 0.15) is 11.5 Å². The van der Waals surface area contributed by atoms with Gasteiger partial charge < -0.3 is 25.2 Å². The summed E-state index contributed by atoms with van der Waals surface area (Å²) in [6.45, 7) is 7.95. The molecule has 1 aliphatic heterocycles. The number of piperidine rings is 1. The first kappa shape index (κ1) is 31.3. The largest absolute Gasteiger partial charge is 0.493 e. The summed E-state index contributed by atoms with van der Waals surface area (Å²) in [5.41, 5.74) is 3.31. The minimum Gasteiger partial charge on any atom is -0.493 e. The first-order valence-electron chi connectivity index (χ1n) is 13.6. The maximum atomic E-state index is 14.2. The number of nitrogens with zero attached hydrogens (tertiary/aromatic N) is 1. The molecule has 1 atom stereocenters. The van der Waals surface area contributed by atoms with E-state index in [0.717, 1.165) is 47.4 Å². The summed E-state index contributed by atoms with van der Waals surface area (Å²) in [6.07, 6.45) is -1.84. The van der Waals surface area contributed by atoms with Crippen molar-refractivity contribution in [3.8, 4) is 11.5 Å². The van der Waals surface area contributed by atoms with Crippen molar-refractivity contribution < 1.29 is 37.3 Å². The van der Waals surface area contributed by atoms with Crippen LogP contribution in [0, 0.1) is 19.8 Å². The van der Waals surface area contributed by atoms with E-state index in [4.69, 9.17) is 15.2 Å². The highest BCUT2D eigenvalue weighted by Crippen LogP contribution is 2.42. The summed E-state index contributed by atoms with van der Waals surface area (Å²) in [5.74, 6) is -0.717. The lowest BCUT2D eigenvalue weighted by atomic mass is 9.87. The predicted octanol–water partition coefficient (Wildman–Crippen LogP) is 5.43. The molecule has 0 bridgehead atoms. The molecule has 2 amide bonds. The van der Waals surface area contributed by atoms with Crippen molar-refractivity contribution in [3.05, 3.63) is 58.7 Å². The van der Waals surface area contributed by atoms with Gasteiger partial charge in [-0.15, -0.1) is 0 Å². The lowest BCUT2D eigenvalue weighted by molar-refractivity contribution is -0.262. The predicted molar refractivity (Wildman–Crippen MR) is 145 cm³/mol. The number of hydrogen-bond donors (Lipinski definition) is 2. The summed E-state index contributed by atoms with van der Waals surface area (Å²) < 4.78 is 53.8. The number of aliphatic hydroxyl groups is 1. The number of unbranched alkanes of at least 4 members (excludes halogenated alkanes) is 1. The molecule has 10 heteroatoms. The first-order chi connectivity index (χ1) is 18.8. The fourth-order valence-corrected chi connectivity index (χ4v) is 5.06. The molecule has 1 heterocycles. The molecule has 1 saturated heterocycles. The van der Waals surface area contributed by atoms with Gasteiger partial charge in [-0.25, -0.2) is 0 Å². The molecule has 0 spiro atoms. The van der Waals surface area contributed by atoms with Crippen LogP contribution in [0.1, 0.15) is 73.0 Å². The Hall–Kier alpha value is -3.27. The average Bonchev–Trinajstić information content (AvgIpc) is 2.89. The molecule has 2 aromatic rings. The van der Waals surface area contributed by atoms with Gasteiger partial charge in [0.15, 0.2) is 0 Å². The highest BCUT2D eigenvalue weighted by Gasteiger charge is 2.62. The van der Waals surface area contributed by atoms with Crippen LogP contribution < -0.4 is 15.2 Å². The number of ether oxygens (including phenoxy) is 2. The molecule has 0 saturated carbocycles. The molecule has 1 fully saturated rings. The summed E-state index contributed by atoms with van der Waals surface area (Å²) in [6, 6.07) is 8.40. The molecule has 2 aromatic carbocycles. The van der Waals surface area contributed by atoms with Crippen LogP contribution >= 0.6 is 0 Å². The maximum Gasteiger partial charge on any atom is 0.430 e. The molecule has 40 heavy (non-hydrogen) atoms. The summed E-state index contributed by atoms with van der Waals surface area (Å²) in [7, 11) is 0. The Bertz CT molecular complexity index is 1190. The van der Waals surface area contributed by atoms with E-state index in [9.17, 15) is 27.9 Å². The number of alkyl halides is 3. The molecular formula is C30H39F3N2O5. The number of hydrogen-bond acceptors (Lipinski definition) is 5. The number of primary amides is 1. The highest BCUT2D eigenvalue weighted by atomic mass is 19.4. The summed E-state index contributed by atoms with van der Waals surface area (Å²) in [5, 5.41) is 10.8. The second-order valence-electron chi connectivity index (χ2n) is 10.7. The molecule has 1 unspecified atom stereocenters. The number of halogens is 3. The van der Waals surface area contributed by atoms with E-state index in [-0.39, 0.29) is 30.9 Å². The third-order valence-corrected chi connectivity index (χ3v) is 7.51. The Kier molecular flexibility index (Phi) is 10.1. The van der Waals surface area contributed by atoms with Gasteiger partial charge in [-0.05, 0) is 94.7 Å². The van der Waals surface area contributed by atoms with E-state index in [1.807, 2.05) is 13.8 Å². The van der Waals surface area contributed by atoms with Gasteiger partial charge in [0.05, 0.1) is 12.7 Å². The van der Waals surface area contributed by atoms with Crippen LogP contribution in [0.2, 0.25) is 0 Å². The fraction of sp³-hybridized carbons (Fsp3) is 0.533. The molecule has 220 valence electrons. The van der Waals surface area contributed by atoms with Crippen LogP contribution in [0.4, 0.5) is 13.2 Å². The second kappa shape index (κ2) is 12.9. The number of rotatable bonds is 11. The molecular weight excluding hydrogens is 525 g/mol. The molecule has 1 aliphatic rings. The summed E-state index contributed by atoms with van der Waals surface area (Å²) >= 11 is 0. The number of likely N-dealkylation sites (tertiary alicyclic amines) is 1. The number of nitrogens with two attached hydrogens (primary N) is 1. The Balaban J connectivity index is 1.52. The van der Waals surface area contributed by atoms with E-state index >= 15 is 0 Å². The van der Waals surface area contributed by atoms with Gasteiger partial charge >= 0.3 is 6.18 Å². The minimum atomic E-state index is -5.20. The van der Waals surface area contributed by atoms with Gasteiger partial charge in [0, 0.05) is 24.2 Å². The van der Waals surface area contributed by atoms with Crippen molar-refractivity contribution in [1.29, 1.82) is 0 Å². The van der Waals surface area contributed by atoms with E-state index in [2.05, 4.69) is 0 Å². The van der Waals surface area contributed by atoms with Gasteiger partial charge in [0.2, 0.25) is 5.91 Å². The van der Waals surface area contributed by atoms with Gasteiger partial charge in [-0.3, -0.25) is 9.59 Å².